The van der Waals surface area contributed by atoms with Crippen molar-refractivity contribution in [2.75, 3.05) is 24.6 Å². The Balaban J connectivity index is 3.13. The van der Waals surface area contributed by atoms with E-state index in [0.29, 0.717) is 18.6 Å². The van der Waals surface area contributed by atoms with E-state index < -0.39 is 33.9 Å². The van der Waals surface area contributed by atoms with Gasteiger partial charge in [-0.1, -0.05) is 6.92 Å². The number of nitro benzene ring substituents is 1. The molecule has 0 aliphatic rings. The highest BCUT2D eigenvalue weighted by atomic mass is 19.1. The van der Waals surface area contributed by atoms with Crippen LogP contribution in [0.4, 0.5) is 20.2 Å². The molecule has 8 heteroatoms. The van der Waals surface area contributed by atoms with Gasteiger partial charge in [0.1, 0.15) is 12.2 Å². The molecule has 0 aliphatic carbocycles. The minimum absolute atomic E-state index is 0.157. The van der Waals surface area contributed by atoms with Crippen LogP contribution in [0, 0.1) is 21.7 Å². The number of nitro groups is 1. The van der Waals surface area contributed by atoms with E-state index in [-0.39, 0.29) is 19.7 Å². The van der Waals surface area contributed by atoms with Gasteiger partial charge in [0.25, 0.3) is 5.69 Å². The van der Waals surface area contributed by atoms with Gasteiger partial charge < -0.3 is 9.64 Å². The van der Waals surface area contributed by atoms with E-state index in [2.05, 4.69) is 0 Å². The molecule has 1 rings (SSSR count). The van der Waals surface area contributed by atoms with E-state index in [1.165, 1.54) is 4.90 Å². The third kappa shape index (κ3) is 4.37. The third-order valence-corrected chi connectivity index (χ3v) is 2.65. The molecular weight excluding hydrogens is 286 g/mol. The first kappa shape index (κ1) is 16.8. The van der Waals surface area contributed by atoms with Crippen LogP contribution in [0.3, 0.4) is 0 Å². The van der Waals surface area contributed by atoms with E-state index in [1.807, 2.05) is 0 Å². The van der Waals surface area contributed by atoms with Crippen LogP contribution in [0.15, 0.2) is 12.1 Å². The smallest absolute Gasteiger partial charge is 0.325 e. The van der Waals surface area contributed by atoms with Gasteiger partial charge in [-0.3, -0.25) is 14.9 Å². The summed E-state index contributed by atoms with van der Waals surface area (Å²) in [4.78, 5) is 22.3. The molecule has 0 radical (unpaired) electrons. The van der Waals surface area contributed by atoms with Crippen molar-refractivity contribution in [3.8, 4) is 0 Å². The second-order valence-corrected chi connectivity index (χ2v) is 4.24. The topological polar surface area (TPSA) is 72.7 Å². The molecule has 0 atom stereocenters. The lowest BCUT2D eigenvalue weighted by atomic mass is 10.2. The van der Waals surface area contributed by atoms with Crippen LogP contribution >= 0.6 is 0 Å². The van der Waals surface area contributed by atoms with Gasteiger partial charge in [-0.15, -0.1) is 0 Å². The molecule has 0 bridgehead atoms. The van der Waals surface area contributed by atoms with Crippen LogP contribution in [0.5, 0.6) is 0 Å². The standard InChI is InChI=1S/C13H16F2N2O4/c1-3-5-16(8-12(18)21-4-2)13-10(14)6-9(17(19)20)7-11(13)15/h6-7H,3-5,8H2,1-2H3. The minimum atomic E-state index is -1.08. The van der Waals surface area contributed by atoms with Gasteiger partial charge in [0.2, 0.25) is 0 Å². The van der Waals surface area contributed by atoms with Gasteiger partial charge in [0.05, 0.1) is 23.7 Å². The molecule has 0 spiro atoms. The van der Waals surface area contributed by atoms with Crippen LogP contribution < -0.4 is 4.90 Å². The molecule has 0 fully saturated rings. The Hall–Kier alpha value is -2.25. The summed E-state index contributed by atoms with van der Waals surface area (Å²) in [6, 6.07) is 1.26. The number of carbonyl (C=O) groups is 1. The predicted molar refractivity (Wildman–Crippen MR) is 72.1 cm³/mol. The Labute approximate surface area is 120 Å². The van der Waals surface area contributed by atoms with Gasteiger partial charge >= 0.3 is 5.97 Å². The number of anilines is 1. The van der Waals surface area contributed by atoms with Gasteiger partial charge in [-0.05, 0) is 13.3 Å². The first-order valence-electron chi connectivity index (χ1n) is 6.44. The molecule has 21 heavy (non-hydrogen) atoms. The van der Waals surface area contributed by atoms with Crippen molar-refractivity contribution in [3.05, 3.63) is 33.9 Å². The lowest BCUT2D eigenvalue weighted by molar-refractivity contribution is -0.385. The van der Waals surface area contributed by atoms with Crippen LogP contribution in [0.2, 0.25) is 0 Å². The number of carbonyl (C=O) groups excluding carboxylic acids is 1. The Kier molecular flexibility index (Phi) is 6.01. The maximum Gasteiger partial charge on any atom is 0.325 e. The number of ether oxygens (including phenoxy) is 1. The molecule has 0 unspecified atom stereocenters. The molecule has 0 N–H and O–H groups in total. The van der Waals surface area contributed by atoms with Gasteiger partial charge in [0, 0.05) is 6.54 Å². The Bertz CT molecular complexity index is 514. The largest absolute Gasteiger partial charge is 0.465 e. The zero-order valence-electron chi connectivity index (χ0n) is 11.8. The van der Waals surface area contributed by atoms with Crippen molar-refractivity contribution in [1.29, 1.82) is 0 Å². The number of esters is 1. The second-order valence-electron chi connectivity index (χ2n) is 4.24. The van der Waals surface area contributed by atoms with E-state index >= 15 is 0 Å². The molecule has 0 amide bonds. The van der Waals surface area contributed by atoms with E-state index in [4.69, 9.17) is 4.74 Å². The first-order chi connectivity index (χ1) is 9.90. The fourth-order valence-corrected chi connectivity index (χ4v) is 1.86. The van der Waals surface area contributed by atoms with Crippen LogP contribution in [-0.4, -0.2) is 30.6 Å². The highest BCUT2D eigenvalue weighted by Gasteiger charge is 2.23. The van der Waals surface area contributed by atoms with Crippen molar-refractivity contribution in [2.45, 2.75) is 20.3 Å². The molecular formula is C13H16F2N2O4. The first-order valence-corrected chi connectivity index (χ1v) is 6.44. The van der Waals surface area contributed by atoms with Gasteiger partial charge in [0.15, 0.2) is 11.6 Å². The van der Waals surface area contributed by atoms with Crippen molar-refractivity contribution < 1.29 is 23.2 Å². The number of hydrogen-bond donors (Lipinski definition) is 0. The normalized spacial score (nSPS) is 10.3. The molecule has 0 heterocycles. The van der Waals surface area contributed by atoms with Crippen molar-refractivity contribution in [1.82, 2.24) is 0 Å². The molecule has 0 aliphatic heterocycles. The summed E-state index contributed by atoms with van der Waals surface area (Å²) in [5.41, 5.74) is -1.14. The summed E-state index contributed by atoms with van der Waals surface area (Å²) < 4.78 is 32.6. The zero-order chi connectivity index (χ0) is 16.0. The van der Waals surface area contributed by atoms with Crippen molar-refractivity contribution in [2.24, 2.45) is 0 Å². The third-order valence-electron chi connectivity index (χ3n) is 2.65. The summed E-state index contributed by atoms with van der Waals surface area (Å²) >= 11 is 0. The van der Waals surface area contributed by atoms with Crippen molar-refractivity contribution in [3.63, 3.8) is 0 Å². The summed E-state index contributed by atoms with van der Waals surface area (Å²) in [5, 5.41) is 10.6. The van der Waals surface area contributed by atoms with Gasteiger partial charge in [-0.2, -0.15) is 0 Å². The Morgan fingerprint density at radius 2 is 1.90 bits per heavy atom. The maximum absolute atomic E-state index is 13.9. The quantitative estimate of drug-likeness (QED) is 0.440. The summed E-state index contributed by atoms with van der Waals surface area (Å²) in [5.74, 6) is -2.79. The number of hydrogen-bond acceptors (Lipinski definition) is 5. The number of rotatable bonds is 7. The summed E-state index contributed by atoms with van der Waals surface area (Å²) in [6.45, 7) is 3.44. The van der Waals surface area contributed by atoms with Crippen molar-refractivity contribution >= 4 is 17.3 Å². The average molecular weight is 302 g/mol. The predicted octanol–water partition coefficient (Wildman–Crippen LogP) is 2.65. The number of nitrogens with zero attached hydrogens (tertiary/aromatic N) is 2. The van der Waals surface area contributed by atoms with E-state index in [9.17, 15) is 23.7 Å². The zero-order valence-corrected chi connectivity index (χ0v) is 11.8. The highest BCUT2D eigenvalue weighted by molar-refractivity contribution is 5.76. The Morgan fingerprint density at radius 3 is 2.33 bits per heavy atom. The lowest BCUT2D eigenvalue weighted by Crippen LogP contribution is -2.33. The lowest BCUT2D eigenvalue weighted by Gasteiger charge is -2.24. The fraction of sp³-hybridized carbons (Fsp3) is 0.462. The summed E-state index contributed by atoms with van der Waals surface area (Å²) in [7, 11) is 0. The van der Waals surface area contributed by atoms with E-state index in [0.717, 1.165) is 0 Å². The number of non-ortho nitro benzene ring substituents is 1. The second kappa shape index (κ2) is 7.51. The highest BCUT2D eigenvalue weighted by Crippen LogP contribution is 2.28. The number of benzene rings is 1. The Morgan fingerprint density at radius 1 is 1.33 bits per heavy atom. The maximum atomic E-state index is 13.9. The molecule has 0 saturated carbocycles. The molecule has 1 aromatic carbocycles. The summed E-state index contributed by atoms with van der Waals surface area (Å²) in [6.07, 6.45) is 0.537. The molecule has 6 nitrogen and oxygen atoms in total. The van der Waals surface area contributed by atoms with Crippen LogP contribution in [0.1, 0.15) is 20.3 Å². The fourth-order valence-electron chi connectivity index (χ4n) is 1.86. The molecule has 1 aromatic rings. The van der Waals surface area contributed by atoms with Crippen LogP contribution in [0.25, 0.3) is 0 Å². The van der Waals surface area contributed by atoms with Crippen LogP contribution in [-0.2, 0) is 9.53 Å². The molecule has 116 valence electrons. The number of halogens is 2. The monoisotopic (exact) mass is 302 g/mol. The van der Waals surface area contributed by atoms with E-state index in [1.54, 1.807) is 13.8 Å². The molecule has 0 saturated heterocycles. The SMILES string of the molecule is CCCN(CC(=O)OCC)c1c(F)cc([N+](=O)[O-])cc1F. The van der Waals surface area contributed by atoms with Gasteiger partial charge in [-0.25, -0.2) is 8.78 Å². The minimum Gasteiger partial charge on any atom is -0.465 e. The average Bonchev–Trinajstić information content (AvgIpc) is 2.38. The molecule has 0 aromatic heterocycles.